The van der Waals surface area contributed by atoms with Crippen molar-refractivity contribution in [2.75, 3.05) is 5.32 Å². The van der Waals surface area contributed by atoms with Crippen molar-refractivity contribution in [2.24, 2.45) is 0 Å². The topological polar surface area (TPSA) is 34.1 Å². The summed E-state index contributed by atoms with van der Waals surface area (Å²) in [5.74, 6) is 0.855. The van der Waals surface area contributed by atoms with Crippen LogP contribution in [0.15, 0.2) is 194 Å². The zero-order chi connectivity index (χ0) is 35.6. The van der Waals surface area contributed by atoms with Crippen molar-refractivity contribution in [3.8, 4) is 39.1 Å². The average Bonchev–Trinajstić information content (AvgIpc) is 3.81. The molecule has 54 heavy (non-hydrogen) atoms. The Morgan fingerprint density at radius 2 is 1.11 bits per heavy atom. The molecule has 1 aromatic heterocycles. The molecule has 0 spiro atoms. The van der Waals surface area contributed by atoms with Crippen LogP contribution in [0.3, 0.4) is 0 Å². The van der Waals surface area contributed by atoms with Gasteiger partial charge in [0.25, 0.3) is 0 Å². The Morgan fingerprint density at radius 1 is 0.481 bits per heavy atom. The fourth-order valence-electron chi connectivity index (χ4n) is 9.03. The van der Waals surface area contributed by atoms with Crippen molar-refractivity contribution in [1.29, 1.82) is 0 Å². The third-order valence-corrected chi connectivity index (χ3v) is 11.4. The lowest BCUT2D eigenvalue weighted by atomic mass is 9.67. The normalized spacial score (nSPS) is 14.9. The van der Waals surface area contributed by atoms with Crippen molar-refractivity contribution in [3.63, 3.8) is 0 Å². The van der Waals surface area contributed by atoms with Gasteiger partial charge in [0.1, 0.15) is 5.75 Å². The molecular formula is C51H34N2O. The zero-order valence-corrected chi connectivity index (χ0v) is 29.4. The van der Waals surface area contributed by atoms with Crippen LogP contribution in [0.25, 0.3) is 55.1 Å². The second-order valence-corrected chi connectivity index (χ2v) is 14.3. The number of ether oxygens (including phenoxy) is 1. The summed E-state index contributed by atoms with van der Waals surface area (Å²) < 4.78 is 6.54. The van der Waals surface area contributed by atoms with Gasteiger partial charge in [-0.05, 0) is 103 Å². The minimum atomic E-state index is -0.444. The number of pyridine rings is 1. The minimum absolute atomic E-state index is 0.260. The van der Waals surface area contributed by atoms with Crippen LogP contribution in [0.5, 0.6) is 5.75 Å². The van der Waals surface area contributed by atoms with Crippen LogP contribution in [-0.2, 0) is 5.41 Å². The third kappa shape index (κ3) is 4.58. The average molecular weight is 691 g/mol. The molecule has 11 rings (SSSR count). The Hall–Kier alpha value is -6.97. The first-order valence-electron chi connectivity index (χ1n) is 18.6. The number of nitrogens with zero attached hydrogens (tertiary/aromatic N) is 1. The maximum atomic E-state index is 6.54. The van der Waals surface area contributed by atoms with Crippen LogP contribution in [0, 0.1) is 0 Å². The Bertz CT molecular complexity index is 2860. The standard InChI is InChI=1S/C51H34N2O/c1-3-13-37(14-4-1)51(38-15-5-2-6-16-38)45-20-10-9-19-43(45)44-24-21-33(31-46(44)51)39-25-26-40(42-18-8-7-17-41(39)42)34-22-28-48-49(32-34)54-50(53-48)36-23-27-47-35(30-36)12-11-29-52-47/h1-32,50,53H. The summed E-state index contributed by atoms with van der Waals surface area (Å²) in [4.78, 5) is 4.48. The van der Waals surface area contributed by atoms with E-state index in [1.807, 2.05) is 12.3 Å². The molecule has 0 saturated heterocycles. The molecule has 9 aromatic rings. The molecule has 8 aromatic carbocycles. The SMILES string of the molecule is c1ccc(C2(c3ccccc3)c3ccccc3-c3ccc(-c4ccc(-c5ccc6c(c5)OC(c5ccc7ncccc7c5)N6)c5ccccc45)cc32)cc1. The highest BCUT2D eigenvalue weighted by molar-refractivity contribution is 6.05. The van der Waals surface area contributed by atoms with Crippen LogP contribution >= 0.6 is 0 Å². The molecule has 0 bridgehead atoms. The van der Waals surface area contributed by atoms with E-state index in [-0.39, 0.29) is 6.23 Å². The molecule has 2 heterocycles. The fourth-order valence-corrected chi connectivity index (χ4v) is 9.03. The van der Waals surface area contributed by atoms with Gasteiger partial charge in [0.15, 0.2) is 6.23 Å². The van der Waals surface area contributed by atoms with Gasteiger partial charge in [-0.2, -0.15) is 0 Å². The Labute approximate surface area is 314 Å². The van der Waals surface area contributed by atoms with E-state index in [0.29, 0.717) is 0 Å². The predicted molar refractivity (Wildman–Crippen MR) is 221 cm³/mol. The first-order valence-corrected chi connectivity index (χ1v) is 18.6. The molecule has 0 fully saturated rings. The van der Waals surface area contributed by atoms with E-state index >= 15 is 0 Å². The number of anilines is 1. The summed E-state index contributed by atoms with van der Waals surface area (Å²) in [6.07, 6.45) is 1.57. The molecule has 0 saturated carbocycles. The highest BCUT2D eigenvalue weighted by atomic mass is 16.5. The lowest BCUT2D eigenvalue weighted by molar-refractivity contribution is 0.260. The minimum Gasteiger partial charge on any atom is -0.464 e. The van der Waals surface area contributed by atoms with E-state index in [1.165, 1.54) is 60.8 Å². The number of hydrogen-bond acceptors (Lipinski definition) is 3. The van der Waals surface area contributed by atoms with Crippen LogP contribution in [0.2, 0.25) is 0 Å². The van der Waals surface area contributed by atoms with Gasteiger partial charge >= 0.3 is 0 Å². The van der Waals surface area contributed by atoms with Crippen molar-refractivity contribution < 1.29 is 4.74 Å². The second-order valence-electron chi connectivity index (χ2n) is 14.3. The number of hydrogen-bond donors (Lipinski definition) is 1. The number of fused-ring (bicyclic) bond motifs is 6. The Morgan fingerprint density at radius 3 is 1.87 bits per heavy atom. The second kappa shape index (κ2) is 12.0. The number of aromatic nitrogens is 1. The lowest BCUT2D eigenvalue weighted by Gasteiger charge is -2.34. The molecule has 1 aliphatic heterocycles. The van der Waals surface area contributed by atoms with E-state index in [1.54, 1.807) is 0 Å². The van der Waals surface area contributed by atoms with Crippen LogP contribution in [0.1, 0.15) is 34.0 Å². The molecule has 3 nitrogen and oxygen atoms in total. The number of nitrogens with one attached hydrogen (secondary N) is 1. The molecule has 0 amide bonds. The van der Waals surface area contributed by atoms with Crippen molar-refractivity contribution in [2.45, 2.75) is 11.6 Å². The first kappa shape index (κ1) is 30.6. The lowest BCUT2D eigenvalue weighted by Crippen LogP contribution is -2.28. The fraction of sp³-hybridized carbons (Fsp3) is 0.0392. The maximum Gasteiger partial charge on any atom is 0.196 e. The van der Waals surface area contributed by atoms with Gasteiger partial charge in [0.05, 0.1) is 16.6 Å². The van der Waals surface area contributed by atoms with Crippen LogP contribution < -0.4 is 10.1 Å². The van der Waals surface area contributed by atoms with Crippen LogP contribution in [0.4, 0.5) is 5.69 Å². The summed E-state index contributed by atoms with van der Waals surface area (Å²) >= 11 is 0. The molecule has 254 valence electrons. The molecular weight excluding hydrogens is 657 g/mol. The van der Waals surface area contributed by atoms with Gasteiger partial charge in [0.2, 0.25) is 0 Å². The highest BCUT2D eigenvalue weighted by Crippen LogP contribution is 2.57. The Balaban J connectivity index is 1.02. The molecule has 1 unspecified atom stereocenters. The first-order chi connectivity index (χ1) is 26.8. The predicted octanol–water partition coefficient (Wildman–Crippen LogP) is 12.6. The quantitative estimate of drug-likeness (QED) is 0.195. The van der Waals surface area contributed by atoms with Crippen molar-refractivity contribution in [3.05, 3.63) is 222 Å². The summed E-state index contributed by atoms with van der Waals surface area (Å²) in [5, 5.41) is 7.10. The summed E-state index contributed by atoms with van der Waals surface area (Å²) in [6, 6.07) is 68.3. The molecule has 1 aliphatic carbocycles. The molecule has 3 heteroatoms. The zero-order valence-electron chi connectivity index (χ0n) is 29.4. The summed E-state index contributed by atoms with van der Waals surface area (Å²) in [7, 11) is 0. The highest BCUT2D eigenvalue weighted by Gasteiger charge is 2.46. The van der Waals surface area contributed by atoms with E-state index in [4.69, 9.17) is 4.74 Å². The number of rotatable bonds is 5. The Kier molecular flexibility index (Phi) is 6.83. The third-order valence-electron chi connectivity index (χ3n) is 11.4. The monoisotopic (exact) mass is 690 g/mol. The van der Waals surface area contributed by atoms with Gasteiger partial charge in [-0.15, -0.1) is 0 Å². The van der Waals surface area contributed by atoms with Crippen molar-refractivity contribution in [1.82, 2.24) is 4.98 Å². The molecule has 0 radical (unpaired) electrons. The van der Waals surface area contributed by atoms with Gasteiger partial charge in [-0.1, -0.05) is 152 Å². The van der Waals surface area contributed by atoms with Gasteiger partial charge in [0, 0.05) is 17.1 Å². The van der Waals surface area contributed by atoms with E-state index in [2.05, 4.69) is 192 Å². The maximum absolute atomic E-state index is 6.54. The van der Waals surface area contributed by atoms with Crippen LogP contribution in [-0.4, -0.2) is 4.98 Å². The summed E-state index contributed by atoms with van der Waals surface area (Å²) in [5.41, 5.74) is 15.1. The van der Waals surface area contributed by atoms with E-state index in [9.17, 15) is 0 Å². The molecule has 2 aliphatic rings. The van der Waals surface area contributed by atoms with Gasteiger partial charge < -0.3 is 10.1 Å². The van der Waals surface area contributed by atoms with E-state index < -0.39 is 5.41 Å². The van der Waals surface area contributed by atoms with Gasteiger partial charge in [-0.25, -0.2) is 0 Å². The van der Waals surface area contributed by atoms with Crippen molar-refractivity contribution >= 4 is 27.4 Å². The van der Waals surface area contributed by atoms with Gasteiger partial charge in [-0.3, -0.25) is 4.98 Å². The molecule has 1 N–H and O–H groups in total. The summed E-state index contributed by atoms with van der Waals surface area (Å²) in [6.45, 7) is 0. The van der Waals surface area contributed by atoms with E-state index in [0.717, 1.165) is 33.5 Å². The smallest absolute Gasteiger partial charge is 0.196 e. The largest absolute Gasteiger partial charge is 0.464 e. The molecule has 1 atom stereocenters. The number of benzene rings is 8.